The molecule has 0 radical (unpaired) electrons. The molecule has 3 nitrogen and oxygen atoms in total. The van der Waals surface area contributed by atoms with E-state index in [1.807, 2.05) is 0 Å². The van der Waals surface area contributed by atoms with Crippen LogP contribution < -0.4 is 0 Å². The maximum Gasteiger partial charge on any atom is 0.416 e. The summed E-state index contributed by atoms with van der Waals surface area (Å²) in [4.78, 5) is 10.0. The predicted molar refractivity (Wildman–Crippen MR) is 42.8 cm³/mol. The van der Waals surface area contributed by atoms with E-state index >= 15 is 0 Å². The summed E-state index contributed by atoms with van der Waals surface area (Å²) in [6, 6.07) is 2.76. The summed E-state index contributed by atoms with van der Waals surface area (Å²) >= 11 is 0. The minimum absolute atomic E-state index is 0.273. The van der Waals surface area contributed by atoms with E-state index in [9.17, 15) is 18.1 Å². The van der Waals surface area contributed by atoms with Crippen LogP contribution in [-0.2, 0) is 12.8 Å². The Balaban J connectivity index is 3.29. The second kappa shape index (κ2) is 3.75. The van der Waals surface area contributed by atoms with Gasteiger partial charge in [-0.2, -0.15) is 13.2 Å². The van der Waals surface area contributed by atoms with Gasteiger partial charge < -0.3 is 5.11 Å². The molecule has 0 aliphatic carbocycles. The second-order valence-corrected chi connectivity index (χ2v) is 2.59. The van der Waals surface area contributed by atoms with E-state index in [-0.39, 0.29) is 11.3 Å². The van der Waals surface area contributed by atoms with Crippen molar-refractivity contribution in [2.24, 2.45) is 5.18 Å². The molecule has 0 atom stereocenters. The highest BCUT2D eigenvalue weighted by Crippen LogP contribution is 2.34. The van der Waals surface area contributed by atoms with Crippen LogP contribution >= 0.6 is 0 Å². The van der Waals surface area contributed by atoms with E-state index in [0.29, 0.717) is 6.07 Å². The van der Waals surface area contributed by atoms with E-state index in [2.05, 4.69) is 5.18 Å². The first kappa shape index (κ1) is 10.6. The van der Waals surface area contributed by atoms with Crippen LogP contribution in [0.2, 0.25) is 0 Å². The van der Waals surface area contributed by atoms with Crippen molar-refractivity contribution < 1.29 is 18.3 Å². The van der Waals surface area contributed by atoms with Gasteiger partial charge in [-0.1, -0.05) is 6.07 Å². The van der Waals surface area contributed by atoms with Gasteiger partial charge in [-0.25, -0.2) is 0 Å². The smallest absolute Gasteiger partial charge is 0.392 e. The number of nitroso groups, excluding NO2 is 1. The Morgan fingerprint density at radius 1 is 1.36 bits per heavy atom. The van der Waals surface area contributed by atoms with E-state index in [1.54, 1.807) is 0 Å². The van der Waals surface area contributed by atoms with Gasteiger partial charge in [0.05, 0.1) is 12.2 Å². The van der Waals surface area contributed by atoms with Crippen LogP contribution in [0, 0.1) is 4.91 Å². The monoisotopic (exact) mass is 205 g/mol. The third-order valence-corrected chi connectivity index (χ3v) is 1.67. The zero-order valence-corrected chi connectivity index (χ0v) is 6.88. The van der Waals surface area contributed by atoms with Gasteiger partial charge in [0, 0.05) is 0 Å². The van der Waals surface area contributed by atoms with Crippen LogP contribution in [0.5, 0.6) is 0 Å². The SMILES string of the molecule is O=Nc1ccc(CO)c(C(F)(F)F)c1. The highest BCUT2D eigenvalue weighted by molar-refractivity contribution is 5.45. The highest BCUT2D eigenvalue weighted by atomic mass is 19.4. The van der Waals surface area contributed by atoms with Gasteiger partial charge >= 0.3 is 6.18 Å². The third-order valence-electron chi connectivity index (χ3n) is 1.67. The van der Waals surface area contributed by atoms with Gasteiger partial charge in [0.2, 0.25) is 0 Å². The van der Waals surface area contributed by atoms with Gasteiger partial charge in [0.25, 0.3) is 0 Å². The fourth-order valence-electron chi connectivity index (χ4n) is 1.02. The summed E-state index contributed by atoms with van der Waals surface area (Å²) in [6.07, 6.45) is -4.58. The van der Waals surface area contributed by atoms with Crippen LogP contribution in [0.4, 0.5) is 18.9 Å². The largest absolute Gasteiger partial charge is 0.416 e. The molecule has 0 heterocycles. The highest BCUT2D eigenvalue weighted by Gasteiger charge is 2.33. The quantitative estimate of drug-likeness (QED) is 0.754. The maximum absolute atomic E-state index is 12.3. The van der Waals surface area contributed by atoms with Gasteiger partial charge in [-0.05, 0) is 22.9 Å². The molecule has 1 aromatic rings. The average Bonchev–Trinajstić information content (AvgIpc) is 2.15. The summed E-state index contributed by atoms with van der Waals surface area (Å²) in [5, 5.41) is 11.0. The van der Waals surface area contributed by atoms with Crippen molar-refractivity contribution in [3.63, 3.8) is 0 Å². The molecule has 1 N–H and O–H groups in total. The minimum Gasteiger partial charge on any atom is -0.392 e. The molecule has 0 fully saturated rings. The fourth-order valence-corrected chi connectivity index (χ4v) is 1.02. The van der Waals surface area contributed by atoms with E-state index < -0.39 is 18.3 Å². The standard InChI is InChI=1S/C8H6F3NO2/c9-8(10,11)7-3-6(12-14)2-1-5(7)4-13/h1-3,13H,4H2. The lowest BCUT2D eigenvalue weighted by molar-refractivity contribution is -0.138. The first-order valence-corrected chi connectivity index (χ1v) is 3.63. The lowest BCUT2D eigenvalue weighted by Crippen LogP contribution is -2.08. The number of alkyl halides is 3. The third kappa shape index (κ3) is 2.08. The summed E-state index contributed by atoms with van der Waals surface area (Å²) < 4.78 is 36.9. The van der Waals surface area contributed by atoms with Crippen molar-refractivity contribution in [2.45, 2.75) is 12.8 Å². The molecule has 0 bridgehead atoms. The lowest BCUT2D eigenvalue weighted by atomic mass is 10.1. The van der Waals surface area contributed by atoms with Crippen LogP contribution in [0.1, 0.15) is 11.1 Å². The van der Waals surface area contributed by atoms with Gasteiger partial charge in [-0.3, -0.25) is 0 Å². The van der Waals surface area contributed by atoms with Crippen molar-refractivity contribution >= 4 is 5.69 Å². The first-order valence-electron chi connectivity index (χ1n) is 3.63. The Bertz CT molecular complexity index is 349. The Morgan fingerprint density at radius 2 is 2.00 bits per heavy atom. The number of hydrogen-bond acceptors (Lipinski definition) is 3. The Hall–Kier alpha value is -1.43. The Kier molecular flexibility index (Phi) is 2.85. The maximum atomic E-state index is 12.3. The van der Waals surface area contributed by atoms with Crippen molar-refractivity contribution in [2.75, 3.05) is 0 Å². The van der Waals surface area contributed by atoms with E-state index in [0.717, 1.165) is 12.1 Å². The predicted octanol–water partition coefficient (Wildman–Crippen LogP) is 2.60. The molecule has 0 aliphatic heterocycles. The van der Waals surface area contributed by atoms with Crippen molar-refractivity contribution in [1.29, 1.82) is 0 Å². The van der Waals surface area contributed by atoms with Crippen LogP contribution in [0.3, 0.4) is 0 Å². The summed E-state index contributed by atoms with van der Waals surface area (Å²) in [7, 11) is 0. The molecule has 0 saturated heterocycles. The minimum atomic E-state index is -4.58. The molecular weight excluding hydrogens is 199 g/mol. The zero-order chi connectivity index (χ0) is 10.8. The molecule has 0 aliphatic rings. The number of benzene rings is 1. The van der Waals surface area contributed by atoms with Crippen molar-refractivity contribution in [3.8, 4) is 0 Å². The average molecular weight is 205 g/mol. The molecule has 0 unspecified atom stereocenters. The first-order chi connectivity index (χ1) is 6.49. The molecule has 0 saturated carbocycles. The number of aliphatic hydroxyl groups excluding tert-OH is 1. The molecule has 76 valence electrons. The van der Waals surface area contributed by atoms with E-state index in [1.165, 1.54) is 0 Å². The molecule has 1 rings (SSSR count). The number of halogens is 3. The molecular formula is C8H6F3NO2. The Labute approximate surface area is 77.1 Å². The summed E-state index contributed by atoms with van der Waals surface area (Å²) in [5.41, 5.74) is -1.61. The fraction of sp³-hybridized carbons (Fsp3) is 0.250. The van der Waals surface area contributed by atoms with Crippen LogP contribution in [0.25, 0.3) is 0 Å². The molecule has 6 heteroatoms. The normalized spacial score (nSPS) is 11.4. The molecule has 0 aromatic heterocycles. The van der Waals surface area contributed by atoms with E-state index in [4.69, 9.17) is 5.11 Å². The number of aliphatic hydroxyl groups is 1. The Morgan fingerprint density at radius 3 is 2.43 bits per heavy atom. The van der Waals surface area contributed by atoms with Gasteiger partial charge in [0.1, 0.15) is 5.69 Å². The lowest BCUT2D eigenvalue weighted by Gasteiger charge is -2.10. The van der Waals surface area contributed by atoms with Crippen molar-refractivity contribution in [3.05, 3.63) is 34.2 Å². The summed E-state index contributed by atoms with van der Waals surface area (Å²) in [5.74, 6) is 0. The molecule has 14 heavy (non-hydrogen) atoms. The second-order valence-electron chi connectivity index (χ2n) is 2.59. The number of nitrogens with zero attached hydrogens (tertiary/aromatic N) is 1. The zero-order valence-electron chi connectivity index (χ0n) is 6.88. The van der Waals surface area contributed by atoms with Crippen molar-refractivity contribution in [1.82, 2.24) is 0 Å². The molecule has 0 spiro atoms. The number of rotatable bonds is 2. The van der Waals surface area contributed by atoms with Crippen LogP contribution in [0.15, 0.2) is 23.4 Å². The molecule has 0 amide bonds. The molecule has 1 aromatic carbocycles. The summed E-state index contributed by atoms with van der Waals surface area (Å²) in [6.45, 7) is -0.728. The van der Waals surface area contributed by atoms with Gasteiger partial charge in [0.15, 0.2) is 0 Å². The number of hydrogen-bond donors (Lipinski definition) is 1. The van der Waals surface area contributed by atoms with Gasteiger partial charge in [-0.15, -0.1) is 4.91 Å². The van der Waals surface area contributed by atoms with Crippen LogP contribution in [-0.4, -0.2) is 5.11 Å². The topological polar surface area (TPSA) is 49.7 Å².